The average Bonchev–Trinajstić information content (AvgIpc) is 2.75. The van der Waals surface area contributed by atoms with Crippen molar-refractivity contribution in [3.05, 3.63) is 12.3 Å². The van der Waals surface area contributed by atoms with Crippen molar-refractivity contribution in [3.8, 4) is 0 Å². The van der Waals surface area contributed by atoms with E-state index in [9.17, 15) is 0 Å². The van der Waals surface area contributed by atoms with Crippen LogP contribution in [0.3, 0.4) is 0 Å². The lowest BCUT2D eigenvalue weighted by atomic mass is 10.1. The van der Waals surface area contributed by atoms with Gasteiger partial charge in [0.05, 0.1) is 12.9 Å². The summed E-state index contributed by atoms with van der Waals surface area (Å²) in [6, 6.07) is 0. The first-order valence-electron chi connectivity index (χ1n) is 6.36. The molecule has 1 rings (SSSR count). The molecule has 0 amide bonds. The standard InChI is InChI=1S/C13H24N2/c1-2-3-4-5-6-7-8-9-11-15-12-10-14-13-15/h9,11,13H,2-8,10,12H2,1H3. The van der Waals surface area contributed by atoms with Crippen LogP contribution in [-0.4, -0.2) is 24.3 Å². The molecule has 0 saturated heterocycles. The lowest BCUT2D eigenvalue weighted by molar-refractivity contribution is 0.601. The third kappa shape index (κ3) is 6.32. The molecule has 0 fully saturated rings. The van der Waals surface area contributed by atoms with E-state index in [1.54, 1.807) is 0 Å². The predicted molar refractivity (Wildman–Crippen MR) is 67.2 cm³/mol. The molecule has 1 aliphatic heterocycles. The van der Waals surface area contributed by atoms with Gasteiger partial charge < -0.3 is 4.90 Å². The molecule has 0 unspecified atom stereocenters. The van der Waals surface area contributed by atoms with E-state index in [0.717, 1.165) is 13.1 Å². The van der Waals surface area contributed by atoms with Crippen molar-refractivity contribution < 1.29 is 0 Å². The zero-order valence-electron chi connectivity index (χ0n) is 9.99. The molecule has 0 aromatic carbocycles. The summed E-state index contributed by atoms with van der Waals surface area (Å²) in [6.45, 7) is 4.29. The summed E-state index contributed by atoms with van der Waals surface area (Å²) < 4.78 is 0. The minimum atomic E-state index is 0.960. The van der Waals surface area contributed by atoms with E-state index in [4.69, 9.17) is 0 Å². The van der Waals surface area contributed by atoms with Crippen LogP contribution in [0.15, 0.2) is 17.3 Å². The van der Waals surface area contributed by atoms with Gasteiger partial charge in [0.15, 0.2) is 0 Å². The zero-order valence-corrected chi connectivity index (χ0v) is 9.99. The Balaban J connectivity index is 1.85. The Morgan fingerprint density at radius 2 is 2.00 bits per heavy atom. The number of hydrogen-bond donors (Lipinski definition) is 0. The number of unbranched alkanes of at least 4 members (excludes halogenated alkanes) is 6. The molecule has 0 radical (unpaired) electrons. The van der Waals surface area contributed by atoms with Crippen LogP contribution < -0.4 is 0 Å². The minimum Gasteiger partial charge on any atom is -0.338 e. The number of hydrogen-bond acceptors (Lipinski definition) is 2. The molecule has 0 N–H and O–H groups in total. The third-order valence-corrected chi connectivity index (χ3v) is 2.74. The van der Waals surface area contributed by atoms with Crippen LogP contribution in [0.5, 0.6) is 0 Å². The third-order valence-electron chi connectivity index (χ3n) is 2.74. The van der Waals surface area contributed by atoms with Gasteiger partial charge in [-0.1, -0.05) is 45.1 Å². The first kappa shape index (κ1) is 12.3. The van der Waals surface area contributed by atoms with Gasteiger partial charge in [-0.15, -0.1) is 0 Å². The van der Waals surface area contributed by atoms with E-state index in [2.05, 4.69) is 29.1 Å². The van der Waals surface area contributed by atoms with Crippen LogP contribution in [0.1, 0.15) is 51.9 Å². The van der Waals surface area contributed by atoms with Crippen LogP contribution >= 0.6 is 0 Å². The van der Waals surface area contributed by atoms with Crippen LogP contribution in [0.2, 0.25) is 0 Å². The van der Waals surface area contributed by atoms with Crippen molar-refractivity contribution in [2.24, 2.45) is 4.99 Å². The van der Waals surface area contributed by atoms with Crippen molar-refractivity contribution in [1.29, 1.82) is 0 Å². The van der Waals surface area contributed by atoms with E-state index < -0.39 is 0 Å². The zero-order chi connectivity index (χ0) is 10.8. The van der Waals surface area contributed by atoms with E-state index in [0.29, 0.717) is 0 Å². The summed E-state index contributed by atoms with van der Waals surface area (Å²) >= 11 is 0. The maximum atomic E-state index is 4.16. The second-order valence-corrected chi connectivity index (χ2v) is 4.20. The summed E-state index contributed by atoms with van der Waals surface area (Å²) in [7, 11) is 0. The van der Waals surface area contributed by atoms with Crippen LogP contribution in [0.4, 0.5) is 0 Å². The normalized spacial score (nSPS) is 15.7. The second-order valence-electron chi connectivity index (χ2n) is 4.20. The number of aliphatic imine (C=N–C) groups is 1. The van der Waals surface area contributed by atoms with Gasteiger partial charge in [0, 0.05) is 12.7 Å². The molecule has 0 aliphatic carbocycles. The molecule has 0 bridgehead atoms. The fourth-order valence-electron chi connectivity index (χ4n) is 1.76. The van der Waals surface area contributed by atoms with Crippen molar-refractivity contribution in [1.82, 2.24) is 4.90 Å². The Kier molecular flexibility index (Phi) is 6.97. The van der Waals surface area contributed by atoms with Crippen molar-refractivity contribution in [2.45, 2.75) is 51.9 Å². The molecule has 1 heterocycles. The van der Waals surface area contributed by atoms with Crippen molar-refractivity contribution in [2.75, 3.05) is 13.1 Å². The Bertz CT molecular complexity index is 197. The molecule has 86 valence electrons. The molecule has 2 nitrogen and oxygen atoms in total. The van der Waals surface area contributed by atoms with E-state index in [1.807, 2.05) is 6.34 Å². The van der Waals surface area contributed by atoms with Crippen molar-refractivity contribution in [3.63, 3.8) is 0 Å². The number of allylic oxidation sites excluding steroid dienone is 1. The fourth-order valence-corrected chi connectivity index (χ4v) is 1.76. The van der Waals surface area contributed by atoms with Gasteiger partial charge in [0.25, 0.3) is 0 Å². The molecule has 0 aromatic rings. The molecule has 0 saturated carbocycles. The van der Waals surface area contributed by atoms with Gasteiger partial charge in [0.2, 0.25) is 0 Å². The summed E-state index contributed by atoms with van der Waals surface area (Å²) in [4.78, 5) is 6.33. The lowest BCUT2D eigenvalue weighted by Gasteiger charge is -2.05. The first-order chi connectivity index (χ1) is 7.43. The quantitative estimate of drug-likeness (QED) is 0.556. The van der Waals surface area contributed by atoms with Crippen molar-refractivity contribution >= 4 is 6.34 Å². The Morgan fingerprint density at radius 1 is 1.20 bits per heavy atom. The van der Waals surface area contributed by atoms with Crippen LogP contribution in [-0.2, 0) is 0 Å². The predicted octanol–water partition coefficient (Wildman–Crippen LogP) is 3.59. The topological polar surface area (TPSA) is 15.6 Å². The maximum absolute atomic E-state index is 4.16. The average molecular weight is 208 g/mol. The molecular weight excluding hydrogens is 184 g/mol. The van der Waals surface area contributed by atoms with Gasteiger partial charge in [-0.2, -0.15) is 0 Å². The highest BCUT2D eigenvalue weighted by Crippen LogP contribution is 2.07. The first-order valence-corrected chi connectivity index (χ1v) is 6.36. The van der Waals surface area contributed by atoms with Gasteiger partial charge in [-0.05, 0) is 12.8 Å². The van der Waals surface area contributed by atoms with Gasteiger partial charge in [0.1, 0.15) is 0 Å². The molecule has 0 aromatic heterocycles. The molecule has 15 heavy (non-hydrogen) atoms. The fraction of sp³-hybridized carbons (Fsp3) is 0.769. The van der Waals surface area contributed by atoms with E-state index >= 15 is 0 Å². The minimum absolute atomic E-state index is 0.960. The van der Waals surface area contributed by atoms with Crippen LogP contribution in [0.25, 0.3) is 0 Å². The Hall–Kier alpha value is -0.790. The summed E-state index contributed by atoms with van der Waals surface area (Å²) in [5.74, 6) is 0. The molecule has 0 atom stereocenters. The highest BCUT2D eigenvalue weighted by molar-refractivity contribution is 5.58. The Labute approximate surface area is 94.1 Å². The number of rotatable bonds is 8. The Morgan fingerprint density at radius 3 is 2.73 bits per heavy atom. The summed E-state index contributed by atoms with van der Waals surface area (Å²) in [5.41, 5.74) is 0. The van der Waals surface area contributed by atoms with Gasteiger partial charge in [-0.3, -0.25) is 4.99 Å². The highest BCUT2D eigenvalue weighted by atomic mass is 15.2. The second kappa shape index (κ2) is 8.51. The lowest BCUT2D eigenvalue weighted by Crippen LogP contribution is -2.10. The molecule has 1 aliphatic rings. The largest absolute Gasteiger partial charge is 0.338 e. The van der Waals surface area contributed by atoms with Crippen LogP contribution in [0, 0.1) is 0 Å². The highest BCUT2D eigenvalue weighted by Gasteiger charge is 1.98. The SMILES string of the molecule is CCCCCCCCC=CN1C=NCC1. The summed E-state index contributed by atoms with van der Waals surface area (Å²) in [6.07, 6.45) is 15.9. The maximum Gasteiger partial charge on any atom is 0.0890 e. The van der Waals surface area contributed by atoms with E-state index in [-0.39, 0.29) is 0 Å². The van der Waals surface area contributed by atoms with E-state index in [1.165, 1.54) is 44.9 Å². The molecule has 2 heteroatoms. The van der Waals surface area contributed by atoms with Gasteiger partial charge >= 0.3 is 0 Å². The molecule has 0 spiro atoms. The number of nitrogens with zero attached hydrogens (tertiary/aromatic N) is 2. The summed E-state index contributed by atoms with van der Waals surface area (Å²) in [5, 5.41) is 0. The van der Waals surface area contributed by atoms with Gasteiger partial charge in [-0.25, -0.2) is 0 Å². The smallest absolute Gasteiger partial charge is 0.0890 e. The monoisotopic (exact) mass is 208 g/mol. The molecular formula is C13H24N2.